The smallest absolute Gasteiger partial charge is 0.253 e. The third-order valence-corrected chi connectivity index (χ3v) is 7.45. The number of carbonyl (C=O) groups is 2. The van der Waals surface area contributed by atoms with Crippen molar-refractivity contribution in [3.05, 3.63) is 77.6 Å². The van der Waals surface area contributed by atoms with Gasteiger partial charge in [-0.05, 0) is 47.9 Å². The van der Waals surface area contributed by atoms with E-state index >= 15 is 0 Å². The second-order valence-electron chi connectivity index (χ2n) is 9.88. The highest BCUT2D eigenvalue weighted by molar-refractivity contribution is 6.00. The van der Waals surface area contributed by atoms with Crippen LogP contribution in [0.3, 0.4) is 0 Å². The van der Waals surface area contributed by atoms with Crippen LogP contribution in [0.5, 0.6) is 0 Å². The van der Waals surface area contributed by atoms with Gasteiger partial charge in [-0.15, -0.1) is 6.58 Å². The molecule has 3 N–H and O–H groups in total. The zero-order valence-corrected chi connectivity index (χ0v) is 21.2. The Morgan fingerprint density at radius 1 is 1.39 bits per heavy atom. The van der Waals surface area contributed by atoms with Crippen molar-refractivity contribution in [3.8, 4) is 0 Å². The molecule has 8 heteroatoms. The summed E-state index contributed by atoms with van der Waals surface area (Å²) in [4.78, 5) is 32.3. The lowest BCUT2D eigenvalue weighted by atomic mass is 9.81. The van der Waals surface area contributed by atoms with Crippen LogP contribution >= 0.6 is 0 Å². The van der Waals surface area contributed by atoms with E-state index in [0.29, 0.717) is 24.2 Å². The second-order valence-corrected chi connectivity index (χ2v) is 9.88. The molecular formula is C28H35N5O3. The van der Waals surface area contributed by atoms with Crippen molar-refractivity contribution in [2.75, 3.05) is 13.7 Å². The molecule has 8 nitrogen and oxygen atoms in total. The fourth-order valence-electron chi connectivity index (χ4n) is 5.21. The van der Waals surface area contributed by atoms with Crippen LogP contribution in [0.2, 0.25) is 0 Å². The quantitative estimate of drug-likeness (QED) is 0.463. The molecule has 2 aromatic rings. The molecule has 0 radical (unpaired) electrons. The van der Waals surface area contributed by atoms with E-state index in [2.05, 4.69) is 34.3 Å². The maximum atomic E-state index is 13.4. The number of amides is 2. The number of fused-ring (bicyclic) bond motifs is 1. The van der Waals surface area contributed by atoms with Crippen LogP contribution in [0, 0.1) is 11.3 Å². The molecule has 0 bridgehead atoms. The lowest BCUT2D eigenvalue weighted by molar-refractivity contribution is -0.132. The molecule has 2 amide bonds. The van der Waals surface area contributed by atoms with Crippen LogP contribution in [-0.2, 0) is 16.0 Å². The Bertz CT molecular complexity index is 1140. The van der Waals surface area contributed by atoms with Gasteiger partial charge < -0.3 is 15.4 Å². The highest BCUT2D eigenvalue weighted by Crippen LogP contribution is 2.34. The number of pyridine rings is 1. The first kappa shape index (κ1) is 25.6. The van der Waals surface area contributed by atoms with Crippen LogP contribution in [0.1, 0.15) is 72.2 Å². The Hall–Kier alpha value is -3.52. The summed E-state index contributed by atoms with van der Waals surface area (Å²) in [6, 6.07) is 9.40. The van der Waals surface area contributed by atoms with Gasteiger partial charge in [0.05, 0.1) is 29.6 Å². The third-order valence-electron chi connectivity index (χ3n) is 7.45. The molecule has 1 aromatic heterocycles. The number of guanidine groups is 1. The van der Waals surface area contributed by atoms with Crippen LogP contribution in [0.4, 0.5) is 0 Å². The Balaban J connectivity index is 1.58. The van der Waals surface area contributed by atoms with E-state index in [0.717, 1.165) is 18.4 Å². The molecule has 2 heterocycles. The van der Waals surface area contributed by atoms with E-state index < -0.39 is 11.6 Å². The monoisotopic (exact) mass is 489 g/mol. The number of aryl methyl sites for hydroxylation is 1. The Labute approximate surface area is 212 Å². The van der Waals surface area contributed by atoms with Crippen molar-refractivity contribution >= 4 is 17.8 Å². The van der Waals surface area contributed by atoms with Crippen molar-refractivity contribution in [2.24, 2.45) is 5.92 Å². The molecule has 0 spiro atoms. The molecular weight excluding hydrogens is 454 g/mol. The average molecular weight is 490 g/mol. The van der Waals surface area contributed by atoms with Gasteiger partial charge in [-0.25, -0.2) is 0 Å². The summed E-state index contributed by atoms with van der Waals surface area (Å²) in [5, 5.41) is 15.1. The van der Waals surface area contributed by atoms with Gasteiger partial charge in [-0.2, -0.15) is 0 Å². The van der Waals surface area contributed by atoms with Gasteiger partial charge in [0, 0.05) is 26.1 Å². The Morgan fingerprint density at radius 2 is 2.17 bits per heavy atom. The Morgan fingerprint density at radius 3 is 2.86 bits per heavy atom. The predicted molar refractivity (Wildman–Crippen MR) is 139 cm³/mol. The molecule has 1 aliphatic heterocycles. The summed E-state index contributed by atoms with van der Waals surface area (Å²) in [6.07, 6.45) is 7.36. The zero-order chi connectivity index (χ0) is 25.9. The number of nitrogens with one attached hydrogen (secondary N) is 3. The first-order chi connectivity index (χ1) is 17.3. The number of hydrogen-bond acceptors (Lipinski definition) is 5. The maximum absolute atomic E-state index is 13.4. The molecule has 4 rings (SSSR count). The lowest BCUT2D eigenvalue weighted by Gasteiger charge is -2.46. The standard InChI is InChI=1S/C28H35N5O3/c1-5-28(18(2)3)15-25(34)33(27(29)32-28)24(12-13-36-4)20-14-21(17-30-16-20)26(35)31-23-11-10-19-8-6-7-9-22(19)23/h5-9,14,16-18,23-24H,1,10-13,15H2,2-4H3,(H2,29,32)(H,31,35)/t23-,24?,28-/m0/s1. The minimum Gasteiger partial charge on any atom is -0.385 e. The molecule has 1 aromatic carbocycles. The summed E-state index contributed by atoms with van der Waals surface area (Å²) >= 11 is 0. The van der Waals surface area contributed by atoms with Crippen molar-refractivity contribution in [3.63, 3.8) is 0 Å². The van der Waals surface area contributed by atoms with Gasteiger partial charge in [-0.1, -0.05) is 44.2 Å². The number of aromatic nitrogens is 1. The summed E-state index contributed by atoms with van der Waals surface area (Å²) in [6.45, 7) is 8.29. The normalized spacial score (nSPS) is 22.2. The fraction of sp³-hybridized carbons (Fsp3) is 0.429. The van der Waals surface area contributed by atoms with E-state index in [1.54, 1.807) is 25.4 Å². The topological polar surface area (TPSA) is 107 Å². The minimum atomic E-state index is -0.673. The zero-order valence-electron chi connectivity index (χ0n) is 21.2. The largest absolute Gasteiger partial charge is 0.385 e. The third kappa shape index (κ3) is 4.91. The van der Waals surface area contributed by atoms with Gasteiger partial charge in [0.15, 0.2) is 5.96 Å². The van der Waals surface area contributed by atoms with E-state index in [9.17, 15) is 9.59 Å². The molecule has 1 saturated heterocycles. The summed E-state index contributed by atoms with van der Waals surface area (Å²) < 4.78 is 5.31. The van der Waals surface area contributed by atoms with Gasteiger partial charge in [0.2, 0.25) is 5.91 Å². The fourth-order valence-corrected chi connectivity index (χ4v) is 5.21. The molecule has 1 aliphatic carbocycles. The van der Waals surface area contributed by atoms with Crippen LogP contribution in [0.25, 0.3) is 0 Å². The van der Waals surface area contributed by atoms with Crippen molar-refractivity contribution in [2.45, 2.75) is 57.2 Å². The maximum Gasteiger partial charge on any atom is 0.253 e. The highest BCUT2D eigenvalue weighted by Gasteiger charge is 2.44. The van der Waals surface area contributed by atoms with Crippen LogP contribution < -0.4 is 10.6 Å². The number of methoxy groups -OCH3 is 1. The number of benzene rings is 1. The number of rotatable bonds is 9. The summed E-state index contributed by atoms with van der Waals surface area (Å²) in [7, 11) is 1.60. The first-order valence-electron chi connectivity index (χ1n) is 12.4. The molecule has 0 saturated carbocycles. The van der Waals surface area contributed by atoms with Crippen LogP contribution in [-0.4, -0.2) is 46.9 Å². The predicted octanol–water partition coefficient (Wildman–Crippen LogP) is 3.91. The average Bonchev–Trinajstić information content (AvgIpc) is 3.28. The SMILES string of the molecule is C=C[C@@]1(C(C)C)CC(=O)N(C(CCOC)c2cncc(C(=O)N[C@H]3CCc4ccccc43)c2)C(=N)N1. The van der Waals surface area contributed by atoms with Gasteiger partial charge in [0.25, 0.3) is 5.91 Å². The highest BCUT2D eigenvalue weighted by atomic mass is 16.5. The molecule has 1 fully saturated rings. The number of nitrogens with zero attached hydrogens (tertiary/aromatic N) is 2. The second kappa shape index (κ2) is 10.6. The van der Waals surface area contributed by atoms with E-state index in [1.165, 1.54) is 16.7 Å². The van der Waals surface area contributed by atoms with Gasteiger partial charge in [-0.3, -0.25) is 24.9 Å². The number of hydrogen-bond donors (Lipinski definition) is 3. The molecule has 2 aliphatic rings. The lowest BCUT2D eigenvalue weighted by Crippen LogP contribution is -2.64. The minimum absolute atomic E-state index is 0.0124. The summed E-state index contributed by atoms with van der Waals surface area (Å²) in [5.74, 6) is -0.294. The van der Waals surface area contributed by atoms with E-state index in [4.69, 9.17) is 10.1 Å². The van der Waals surface area contributed by atoms with Crippen molar-refractivity contribution < 1.29 is 14.3 Å². The molecule has 36 heavy (non-hydrogen) atoms. The molecule has 1 unspecified atom stereocenters. The van der Waals surface area contributed by atoms with Crippen LogP contribution in [0.15, 0.2) is 55.4 Å². The van der Waals surface area contributed by atoms with E-state index in [1.807, 2.05) is 26.0 Å². The first-order valence-corrected chi connectivity index (χ1v) is 12.4. The van der Waals surface area contributed by atoms with E-state index in [-0.39, 0.29) is 36.2 Å². The number of ether oxygens (including phenoxy) is 1. The van der Waals surface area contributed by atoms with Gasteiger partial charge in [0.1, 0.15) is 0 Å². The molecule has 3 atom stereocenters. The Kier molecular flexibility index (Phi) is 7.54. The number of carbonyl (C=O) groups excluding carboxylic acids is 2. The summed E-state index contributed by atoms with van der Waals surface area (Å²) in [5.41, 5.74) is 2.85. The van der Waals surface area contributed by atoms with Crippen molar-refractivity contribution in [1.29, 1.82) is 5.41 Å². The molecule has 190 valence electrons. The van der Waals surface area contributed by atoms with Gasteiger partial charge >= 0.3 is 0 Å². The van der Waals surface area contributed by atoms with Crippen molar-refractivity contribution in [1.82, 2.24) is 20.5 Å².